The Bertz CT molecular complexity index is 424. The fraction of sp³-hybridized carbons (Fsp3) is 0.667. The molecule has 1 aromatic rings. The lowest BCUT2D eigenvalue weighted by Gasteiger charge is -2.17. The molecule has 0 radical (unpaired) electrons. The molecule has 0 saturated carbocycles. The van der Waals surface area contributed by atoms with Gasteiger partial charge in [0.2, 0.25) is 0 Å². The molecule has 4 heteroatoms. The van der Waals surface area contributed by atoms with Gasteiger partial charge in [-0.1, -0.05) is 13.8 Å². The number of hydrogen-bond donors (Lipinski definition) is 1. The van der Waals surface area contributed by atoms with Crippen molar-refractivity contribution in [3.63, 3.8) is 0 Å². The first kappa shape index (κ1) is 15.7. The molecule has 0 bridgehead atoms. The third-order valence-corrected chi connectivity index (χ3v) is 3.79. The molecule has 0 aromatic carbocycles. The minimum absolute atomic E-state index is 0.734. The molecule has 1 heterocycles. The summed E-state index contributed by atoms with van der Waals surface area (Å²) in [6, 6.07) is 4.20. The molecule has 4 nitrogen and oxygen atoms in total. The summed E-state index contributed by atoms with van der Waals surface area (Å²) < 4.78 is 1.95. The number of nitrogens with zero attached hydrogens (tertiary/aromatic N) is 3. The van der Waals surface area contributed by atoms with E-state index in [1.54, 1.807) is 0 Å². The molecular formula is C15H26N4. The fourth-order valence-electron chi connectivity index (χ4n) is 2.24. The van der Waals surface area contributed by atoms with Crippen LogP contribution in [-0.4, -0.2) is 35.6 Å². The van der Waals surface area contributed by atoms with Crippen molar-refractivity contribution >= 4 is 0 Å². The molecule has 0 fully saturated rings. The second kappa shape index (κ2) is 7.98. The monoisotopic (exact) mass is 262 g/mol. The Labute approximate surface area is 117 Å². The van der Waals surface area contributed by atoms with Crippen LogP contribution in [0, 0.1) is 18.3 Å². The van der Waals surface area contributed by atoms with Crippen molar-refractivity contribution in [2.45, 2.75) is 33.7 Å². The van der Waals surface area contributed by atoms with Crippen molar-refractivity contribution in [2.75, 3.05) is 26.2 Å². The van der Waals surface area contributed by atoms with Gasteiger partial charge in [-0.25, -0.2) is 0 Å². The smallest absolute Gasteiger partial charge is 0.120 e. The average molecular weight is 262 g/mol. The SMILES string of the molecule is CCN(CC)CCCNCc1cc(C#N)n(C)c1C. The molecule has 1 rings (SSSR count). The largest absolute Gasteiger partial charge is 0.340 e. The van der Waals surface area contributed by atoms with Crippen LogP contribution in [0.4, 0.5) is 0 Å². The summed E-state index contributed by atoms with van der Waals surface area (Å²) in [4.78, 5) is 2.43. The summed E-state index contributed by atoms with van der Waals surface area (Å²) in [6.07, 6.45) is 1.17. The molecule has 106 valence electrons. The van der Waals surface area contributed by atoms with Crippen molar-refractivity contribution < 1.29 is 0 Å². The summed E-state index contributed by atoms with van der Waals surface area (Å²) >= 11 is 0. The minimum Gasteiger partial charge on any atom is -0.340 e. The molecule has 1 aromatic heterocycles. The highest BCUT2D eigenvalue weighted by Crippen LogP contribution is 2.12. The van der Waals surface area contributed by atoms with Gasteiger partial charge in [0.1, 0.15) is 11.8 Å². The van der Waals surface area contributed by atoms with E-state index < -0.39 is 0 Å². The lowest BCUT2D eigenvalue weighted by Crippen LogP contribution is -2.27. The van der Waals surface area contributed by atoms with Crippen molar-refractivity contribution in [3.8, 4) is 6.07 Å². The lowest BCUT2D eigenvalue weighted by atomic mass is 10.2. The van der Waals surface area contributed by atoms with Crippen molar-refractivity contribution in [1.82, 2.24) is 14.8 Å². The van der Waals surface area contributed by atoms with Gasteiger partial charge in [-0.3, -0.25) is 0 Å². The van der Waals surface area contributed by atoms with Crippen LogP contribution in [0.15, 0.2) is 6.07 Å². The van der Waals surface area contributed by atoms with E-state index in [-0.39, 0.29) is 0 Å². The molecule has 0 unspecified atom stereocenters. The maximum atomic E-state index is 8.98. The maximum Gasteiger partial charge on any atom is 0.120 e. The molecular weight excluding hydrogens is 236 g/mol. The first-order chi connectivity index (χ1) is 9.13. The van der Waals surface area contributed by atoms with Gasteiger partial charge in [0, 0.05) is 19.3 Å². The van der Waals surface area contributed by atoms with Gasteiger partial charge in [-0.2, -0.15) is 5.26 Å². The zero-order valence-electron chi connectivity index (χ0n) is 12.7. The van der Waals surface area contributed by atoms with Crippen molar-refractivity contribution in [2.24, 2.45) is 7.05 Å². The van der Waals surface area contributed by atoms with Crippen LogP contribution in [0.5, 0.6) is 0 Å². The number of hydrogen-bond acceptors (Lipinski definition) is 3. The van der Waals surface area contributed by atoms with Gasteiger partial charge >= 0.3 is 0 Å². The van der Waals surface area contributed by atoms with Crippen LogP contribution < -0.4 is 5.32 Å². The Morgan fingerprint density at radius 3 is 2.58 bits per heavy atom. The predicted octanol–water partition coefficient (Wildman–Crippen LogP) is 2.03. The van der Waals surface area contributed by atoms with E-state index in [0.717, 1.165) is 38.4 Å². The highest BCUT2D eigenvalue weighted by Gasteiger charge is 2.07. The first-order valence-electron chi connectivity index (χ1n) is 7.12. The van der Waals surface area contributed by atoms with E-state index in [1.807, 2.05) is 17.7 Å². The molecule has 0 aliphatic carbocycles. The van der Waals surface area contributed by atoms with Crippen LogP contribution in [-0.2, 0) is 13.6 Å². The Balaban J connectivity index is 2.32. The summed E-state index contributed by atoms with van der Waals surface area (Å²) in [5, 5.41) is 12.4. The van der Waals surface area contributed by atoms with Gasteiger partial charge in [-0.15, -0.1) is 0 Å². The van der Waals surface area contributed by atoms with E-state index in [4.69, 9.17) is 5.26 Å². The van der Waals surface area contributed by atoms with E-state index >= 15 is 0 Å². The van der Waals surface area contributed by atoms with Crippen molar-refractivity contribution in [1.29, 1.82) is 5.26 Å². The van der Waals surface area contributed by atoms with Crippen LogP contribution in [0.1, 0.15) is 37.2 Å². The van der Waals surface area contributed by atoms with E-state index in [0.29, 0.717) is 0 Å². The molecule has 0 aliphatic rings. The second-order valence-electron chi connectivity index (χ2n) is 4.87. The lowest BCUT2D eigenvalue weighted by molar-refractivity contribution is 0.298. The predicted molar refractivity (Wildman–Crippen MR) is 79.0 cm³/mol. The second-order valence-corrected chi connectivity index (χ2v) is 4.87. The van der Waals surface area contributed by atoms with Gasteiger partial charge in [0.05, 0.1) is 0 Å². The molecule has 1 N–H and O–H groups in total. The van der Waals surface area contributed by atoms with Gasteiger partial charge in [-0.05, 0) is 51.2 Å². The standard InChI is InChI=1S/C15H26N4/c1-5-19(6-2)9-7-8-17-12-14-10-15(11-16)18(4)13(14)3/h10,17H,5-9,12H2,1-4H3. The normalized spacial score (nSPS) is 10.9. The summed E-state index contributed by atoms with van der Waals surface area (Å²) in [6.45, 7) is 11.7. The first-order valence-corrected chi connectivity index (χ1v) is 7.12. The quantitative estimate of drug-likeness (QED) is 0.729. The number of rotatable bonds is 8. The highest BCUT2D eigenvalue weighted by atomic mass is 15.1. The molecule has 0 aliphatic heterocycles. The third kappa shape index (κ3) is 4.38. The maximum absolute atomic E-state index is 8.98. The Kier molecular flexibility index (Phi) is 6.61. The summed E-state index contributed by atoms with van der Waals surface area (Å²) in [5.41, 5.74) is 3.13. The molecule has 0 spiro atoms. The van der Waals surface area contributed by atoms with Crippen LogP contribution in [0.25, 0.3) is 0 Å². The molecule has 0 amide bonds. The summed E-state index contributed by atoms with van der Waals surface area (Å²) in [5.74, 6) is 0. The number of nitriles is 1. The Hall–Kier alpha value is -1.31. The van der Waals surface area contributed by atoms with Gasteiger partial charge in [0.25, 0.3) is 0 Å². The highest BCUT2D eigenvalue weighted by molar-refractivity contribution is 5.33. The van der Waals surface area contributed by atoms with E-state index in [1.165, 1.54) is 17.7 Å². The van der Waals surface area contributed by atoms with Crippen LogP contribution in [0.3, 0.4) is 0 Å². The average Bonchev–Trinajstić information content (AvgIpc) is 2.70. The van der Waals surface area contributed by atoms with Crippen LogP contribution >= 0.6 is 0 Å². The Morgan fingerprint density at radius 2 is 2.05 bits per heavy atom. The third-order valence-electron chi connectivity index (χ3n) is 3.79. The van der Waals surface area contributed by atoms with Crippen molar-refractivity contribution in [3.05, 3.63) is 23.0 Å². The summed E-state index contributed by atoms with van der Waals surface area (Å²) in [7, 11) is 1.94. The molecule has 0 atom stereocenters. The minimum atomic E-state index is 0.734. The van der Waals surface area contributed by atoms with Gasteiger partial charge < -0.3 is 14.8 Å². The zero-order chi connectivity index (χ0) is 14.3. The van der Waals surface area contributed by atoms with Crippen LogP contribution in [0.2, 0.25) is 0 Å². The number of aromatic nitrogens is 1. The van der Waals surface area contributed by atoms with E-state index in [2.05, 4.69) is 37.1 Å². The Morgan fingerprint density at radius 1 is 1.37 bits per heavy atom. The van der Waals surface area contributed by atoms with Gasteiger partial charge in [0.15, 0.2) is 0 Å². The zero-order valence-corrected chi connectivity index (χ0v) is 12.7. The fourth-order valence-corrected chi connectivity index (χ4v) is 2.24. The van der Waals surface area contributed by atoms with E-state index in [9.17, 15) is 0 Å². The molecule has 0 saturated heterocycles. The number of nitrogens with one attached hydrogen (secondary N) is 1. The topological polar surface area (TPSA) is 44.0 Å². The molecule has 19 heavy (non-hydrogen) atoms.